The summed E-state index contributed by atoms with van der Waals surface area (Å²) in [4.78, 5) is 13.4. The Bertz CT molecular complexity index is 481. The highest BCUT2D eigenvalue weighted by atomic mass is 16.4. The number of carbonyl (C=O) groups is 1. The first-order valence-corrected chi connectivity index (χ1v) is 7.17. The van der Waals surface area contributed by atoms with E-state index in [2.05, 4.69) is 29.2 Å². The van der Waals surface area contributed by atoms with Crippen LogP contribution in [0.2, 0.25) is 0 Å². The third-order valence-corrected chi connectivity index (χ3v) is 4.41. The number of carboxylic acids is 1. The van der Waals surface area contributed by atoms with Crippen molar-refractivity contribution in [2.75, 3.05) is 13.1 Å². The molecule has 0 bridgehead atoms. The van der Waals surface area contributed by atoms with Crippen molar-refractivity contribution in [3.8, 4) is 0 Å². The fraction of sp³-hybridized carbons (Fsp3) is 0.562. The van der Waals surface area contributed by atoms with E-state index >= 15 is 0 Å². The number of nitrogens with zero attached hydrogens (tertiary/aromatic N) is 1. The molecule has 0 spiro atoms. The summed E-state index contributed by atoms with van der Waals surface area (Å²) < 4.78 is 0. The summed E-state index contributed by atoms with van der Waals surface area (Å²) in [6.07, 6.45) is 2.65. The predicted octanol–water partition coefficient (Wildman–Crippen LogP) is 2.72. The molecule has 3 nitrogen and oxygen atoms in total. The number of benzene rings is 1. The van der Waals surface area contributed by atoms with Crippen LogP contribution < -0.4 is 0 Å². The van der Waals surface area contributed by atoms with Gasteiger partial charge in [-0.1, -0.05) is 31.2 Å². The van der Waals surface area contributed by atoms with Crippen molar-refractivity contribution >= 4 is 5.97 Å². The standard InChI is InChI=1S/C16H21NO2/c1-11-8-17(10-15(11)16(18)19)9-12-3-2-4-14(7-12)13-5-6-13/h2-4,7,11,13,15H,5-6,8-10H2,1H3,(H,18,19). The van der Waals surface area contributed by atoms with Crippen molar-refractivity contribution in [3.63, 3.8) is 0 Å². The van der Waals surface area contributed by atoms with Crippen LogP contribution >= 0.6 is 0 Å². The summed E-state index contributed by atoms with van der Waals surface area (Å²) in [5, 5.41) is 9.17. The smallest absolute Gasteiger partial charge is 0.308 e. The van der Waals surface area contributed by atoms with Gasteiger partial charge in [-0.3, -0.25) is 9.69 Å². The Labute approximate surface area is 114 Å². The second kappa shape index (κ2) is 4.97. The van der Waals surface area contributed by atoms with Gasteiger partial charge in [0.2, 0.25) is 0 Å². The molecule has 3 rings (SSSR count). The topological polar surface area (TPSA) is 40.5 Å². The molecular weight excluding hydrogens is 238 g/mol. The van der Waals surface area contributed by atoms with Crippen molar-refractivity contribution in [1.29, 1.82) is 0 Å². The van der Waals surface area contributed by atoms with Gasteiger partial charge in [0.25, 0.3) is 0 Å². The van der Waals surface area contributed by atoms with Crippen molar-refractivity contribution in [3.05, 3.63) is 35.4 Å². The Morgan fingerprint density at radius 3 is 2.79 bits per heavy atom. The Hall–Kier alpha value is -1.35. The Morgan fingerprint density at radius 1 is 1.37 bits per heavy atom. The van der Waals surface area contributed by atoms with E-state index < -0.39 is 5.97 Å². The second-order valence-corrected chi connectivity index (χ2v) is 6.14. The lowest BCUT2D eigenvalue weighted by Gasteiger charge is -2.15. The minimum atomic E-state index is -0.651. The SMILES string of the molecule is CC1CN(Cc2cccc(C3CC3)c2)CC1C(=O)O. The summed E-state index contributed by atoms with van der Waals surface area (Å²) in [5.74, 6) is 0.182. The maximum atomic E-state index is 11.1. The summed E-state index contributed by atoms with van der Waals surface area (Å²) in [5.41, 5.74) is 2.78. The summed E-state index contributed by atoms with van der Waals surface area (Å²) >= 11 is 0. The maximum Gasteiger partial charge on any atom is 0.308 e. The first-order valence-electron chi connectivity index (χ1n) is 7.17. The van der Waals surface area contributed by atoms with Crippen molar-refractivity contribution in [2.24, 2.45) is 11.8 Å². The first kappa shape index (κ1) is 12.7. The Kier molecular flexibility index (Phi) is 3.31. The monoisotopic (exact) mass is 259 g/mol. The van der Waals surface area contributed by atoms with E-state index in [1.54, 1.807) is 0 Å². The highest BCUT2D eigenvalue weighted by Gasteiger charge is 2.34. The van der Waals surface area contributed by atoms with Crippen LogP contribution in [0.3, 0.4) is 0 Å². The van der Waals surface area contributed by atoms with Crippen LogP contribution in [0.1, 0.15) is 36.8 Å². The van der Waals surface area contributed by atoms with Gasteiger partial charge in [-0.2, -0.15) is 0 Å². The summed E-state index contributed by atoms with van der Waals surface area (Å²) in [7, 11) is 0. The normalized spacial score (nSPS) is 27.6. The zero-order chi connectivity index (χ0) is 13.4. The van der Waals surface area contributed by atoms with Crippen LogP contribution in [0.5, 0.6) is 0 Å². The van der Waals surface area contributed by atoms with Crippen molar-refractivity contribution in [1.82, 2.24) is 4.90 Å². The molecule has 102 valence electrons. The van der Waals surface area contributed by atoms with E-state index in [1.165, 1.54) is 24.0 Å². The first-order chi connectivity index (χ1) is 9.13. The Morgan fingerprint density at radius 2 is 2.16 bits per heavy atom. The van der Waals surface area contributed by atoms with Gasteiger partial charge in [-0.15, -0.1) is 0 Å². The van der Waals surface area contributed by atoms with E-state index in [0.717, 1.165) is 19.0 Å². The van der Waals surface area contributed by atoms with Gasteiger partial charge in [0, 0.05) is 19.6 Å². The number of carboxylic acid groups (broad SMARTS) is 1. The average molecular weight is 259 g/mol. The number of hydrogen-bond acceptors (Lipinski definition) is 2. The molecule has 0 amide bonds. The number of likely N-dealkylation sites (tertiary alicyclic amines) is 1. The quantitative estimate of drug-likeness (QED) is 0.903. The van der Waals surface area contributed by atoms with Gasteiger partial charge < -0.3 is 5.11 Å². The molecule has 1 heterocycles. The lowest BCUT2D eigenvalue weighted by molar-refractivity contribution is -0.142. The lowest BCUT2D eigenvalue weighted by Crippen LogP contribution is -2.23. The molecule has 1 saturated carbocycles. The number of aliphatic carboxylic acids is 1. The summed E-state index contributed by atoms with van der Waals surface area (Å²) in [6.45, 7) is 4.50. The van der Waals surface area contributed by atoms with Crippen molar-refractivity contribution in [2.45, 2.75) is 32.2 Å². The van der Waals surface area contributed by atoms with Gasteiger partial charge >= 0.3 is 5.97 Å². The number of rotatable bonds is 4. The average Bonchev–Trinajstić information content (AvgIpc) is 3.14. The van der Waals surface area contributed by atoms with E-state index in [4.69, 9.17) is 5.11 Å². The van der Waals surface area contributed by atoms with Crippen LogP contribution in [-0.4, -0.2) is 29.1 Å². The molecule has 1 aliphatic carbocycles. The highest BCUT2D eigenvalue weighted by Crippen LogP contribution is 2.40. The molecule has 19 heavy (non-hydrogen) atoms. The van der Waals surface area contributed by atoms with E-state index in [9.17, 15) is 4.79 Å². The maximum absolute atomic E-state index is 11.1. The molecule has 3 heteroatoms. The van der Waals surface area contributed by atoms with Gasteiger partial charge in [0.15, 0.2) is 0 Å². The molecule has 2 fully saturated rings. The molecule has 2 unspecified atom stereocenters. The number of hydrogen-bond donors (Lipinski definition) is 1. The third-order valence-electron chi connectivity index (χ3n) is 4.41. The van der Waals surface area contributed by atoms with Gasteiger partial charge in [-0.25, -0.2) is 0 Å². The zero-order valence-electron chi connectivity index (χ0n) is 11.4. The van der Waals surface area contributed by atoms with E-state index in [0.29, 0.717) is 6.54 Å². The molecular formula is C16H21NO2. The molecule has 2 atom stereocenters. The largest absolute Gasteiger partial charge is 0.481 e. The minimum absolute atomic E-state index is 0.202. The highest BCUT2D eigenvalue weighted by molar-refractivity contribution is 5.71. The minimum Gasteiger partial charge on any atom is -0.481 e. The van der Waals surface area contributed by atoms with Gasteiger partial charge in [-0.05, 0) is 35.8 Å². The van der Waals surface area contributed by atoms with Crippen LogP contribution in [0.15, 0.2) is 24.3 Å². The zero-order valence-corrected chi connectivity index (χ0v) is 11.4. The van der Waals surface area contributed by atoms with E-state index in [-0.39, 0.29) is 11.8 Å². The fourth-order valence-electron chi connectivity index (χ4n) is 3.14. The molecule has 1 N–H and O–H groups in total. The third kappa shape index (κ3) is 2.81. The van der Waals surface area contributed by atoms with Crippen LogP contribution in [0.25, 0.3) is 0 Å². The molecule has 1 aliphatic heterocycles. The molecule has 1 saturated heterocycles. The molecule has 2 aliphatic rings. The van der Waals surface area contributed by atoms with E-state index in [1.807, 2.05) is 6.92 Å². The van der Waals surface area contributed by atoms with Crippen LogP contribution in [0.4, 0.5) is 0 Å². The summed E-state index contributed by atoms with van der Waals surface area (Å²) in [6, 6.07) is 8.81. The second-order valence-electron chi connectivity index (χ2n) is 6.14. The molecule has 1 aromatic rings. The molecule has 0 radical (unpaired) electrons. The molecule has 1 aromatic carbocycles. The Balaban J connectivity index is 1.65. The predicted molar refractivity (Wildman–Crippen MR) is 74.0 cm³/mol. The van der Waals surface area contributed by atoms with Gasteiger partial charge in [0.05, 0.1) is 5.92 Å². The lowest BCUT2D eigenvalue weighted by atomic mass is 9.99. The van der Waals surface area contributed by atoms with Crippen LogP contribution in [-0.2, 0) is 11.3 Å². The van der Waals surface area contributed by atoms with Crippen LogP contribution in [0, 0.1) is 11.8 Å². The van der Waals surface area contributed by atoms with Gasteiger partial charge in [0.1, 0.15) is 0 Å². The fourth-order valence-corrected chi connectivity index (χ4v) is 3.14. The van der Waals surface area contributed by atoms with Crippen molar-refractivity contribution < 1.29 is 9.90 Å². The molecule has 0 aromatic heterocycles.